The zero-order chi connectivity index (χ0) is 19.4. The largest absolute Gasteiger partial charge is 0.326 e. The van der Waals surface area contributed by atoms with E-state index in [1.807, 2.05) is 38.1 Å². The molecule has 2 rings (SSSR count). The Labute approximate surface area is 163 Å². The van der Waals surface area contributed by atoms with Crippen LogP contribution in [-0.2, 0) is 21.2 Å². The molecule has 2 N–H and O–H groups in total. The van der Waals surface area contributed by atoms with Crippen LogP contribution < -0.4 is 10.0 Å². The third kappa shape index (κ3) is 6.23. The van der Waals surface area contributed by atoms with Crippen molar-refractivity contribution < 1.29 is 13.2 Å². The molecule has 0 unspecified atom stereocenters. The highest BCUT2D eigenvalue weighted by atomic mass is 79.9. The quantitative estimate of drug-likeness (QED) is 0.686. The fourth-order valence-electron chi connectivity index (χ4n) is 2.51. The molecule has 5 nitrogen and oxygen atoms in total. The molecule has 26 heavy (non-hydrogen) atoms. The van der Waals surface area contributed by atoms with E-state index in [-0.39, 0.29) is 16.2 Å². The monoisotopic (exact) mass is 438 g/mol. The number of nitrogens with one attached hydrogen (secondary N) is 2. The Morgan fingerprint density at radius 1 is 1.04 bits per heavy atom. The summed E-state index contributed by atoms with van der Waals surface area (Å²) in [5, 5.41) is 2.61. The third-order valence-electron chi connectivity index (χ3n) is 3.82. The lowest BCUT2D eigenvalue weighted by atomic mass is 9.86. The number of rotatable bonds is 7. The summed E-state index contributed by atoms with van der Waals surface area (Å²) >= 11 is 3.41. The predicted octanol–water partition coefficient (Wildman–Crippen LogP) is 3.95. The molecule has 0 saturated carbocycles. The number of halogens is 1. The van der Waals surface area contributed by atoms with Crippen LogP contribution in [0.5, 0.6) is 0 Å². The molecule has 140 valence electrons. The van der Waals surface area contributed by atoms with Crippen LogP contribution in [0.1, 0.15) is 26.3 Å². The Kier molecular flexibility index (Phi) is 6.60. The number of anilines is 1. The summed E-state index contributed by atoms with van der Waals surface area (Å²) in [6.07, 6.45) is 0.754. The van der Waals surface area contributed by atoms with E-state index in [4.69, 9.17) is 0 Å². The zero-order valence-electron chi connectivity index (χ0n) is 15.0. The topological polar surface area (TPSA) is 75.3 Å². The minimum absolute atomic E-state index is 0.172. The molecule has 0 bridgehead atoms. The first-order valence-electron chi connectivity index (χ1n) is 8.19. The fraction of sp³-hybridized carbons (Fsp3) is 0.316. The molecule has 0 heterocycles. The van der Waals surface area contributed by atoms with E-state index in [2.05, 4.69) is 26.0 Å². The molecular weight excluding hydrogens is 416 g/mol. The van der Waals surface area contributed by atoms with E-state index in [0.29, 0.717) is 12.2 Å². The predicted molar refractivity (Wildman–Crippen MR) is 108 cm³/mol. The molecule has 0 fully saturated rings. The summed E-state index contributed by atoms with van der Waals surface area (Å²) in [6.45, 7) is 5.77. The molecule has 2 aromatic rings. The highest BCUT2D eigenvalue weighted by Crippen LogP contribution is 2.23. The molecule has 7 heteroatoms. The number of carbonyl (C=O) groups is 1. The van der Waals surface area contributed by atoms with E-state index >= 15 is 0 Å². The molecule has 1 amide bonds. The van der Waals surface area contributed by atoms with Gasteiger partial charge in [-0.05, 0) is 53.8 Å². The zero-order valence-corrected chi connectivity index (χ0v) is 17.4. The van der Waals surface area contributed by atoms with Crippen LogP contribution in [0.3, 0.4) is 0 Å². The molecule has 0 aliphatic rings. The van der Waals surface area contributed by atoms with E-state index in [9.17, 15) is 13.2 Å². The summed E-state index contributed by atoms with van der Waals surface area (Å²) in [7, 11) is -3.61. The highest BCUT2D eigenvalue weighted by Gasteiger charge is 2.23. The lowest BCUT2D eigenvalue weighted by Gasteiger charge is -2.25. The first-order valence-corrected chi connectivity index (χ1v) is 10.5. The van der Waals surface area contributed by atoms with Crippen molar-refractivity contribution in [1.82, 2.24) is 4.72 Å². The SMILES string of the molecule is CC(=O)Nc1ccc(S(=O)(=O)NCC(C)(C)Cc2ccc(Br)cc2)cc1. The highest BCUT2D eigenvalue weighted by molar-refractivity contribution is 9.10. The second kappa shape index (κ2) is 8.33. The van der Waals surface area contributed by atoms with Gasteiger partial charge in [0.05, 0.1) is 4.90 Å². The van der Waals surface area contributed by atoms with Gasteiger partial charge in [-0.3, -0.25) is 4.79 Å². The first kappa shape index (κ1) is 20.6. The Bertz CT molecular complexity index is 861. The lowest BCUT2D eigenvalue weighted by Crippen LogP contribution is -2.35. The van der Waals surface area contributed by atoms with Crippen molar-refractivity contribution in [3.05, 3.63) is 58.6 Å². The number of benzene rings is 2. The average molecular weight is 439 g/mol. The minimum atomic E-state index is -3.61. The van der Waals surface area contributed by atoms with Crippen molar-refractivity contribution >= 4 is 37.5 Å². The molecule has 0 aliphatic carbocycles. The smallest absolute Gasteiger partial charge is 0.240 e. The van der Waals surface area contributed by atoms with Crippen molar-refractivity contribution in [2.75, 3.05) is 11.9 Å². The first-order chi connectivity index (χ1) is 12.1. The Morgan fingerprint density at radius 3 is 2.15 bits per heavy atom. The van der Waals surface area contributed by atoms with Gasteiger partial charge in [0.1, 0.15) is 0 Å². The van der Waals surface area contributed by atoms with Crippen LogP contribution in [0.2, 0.25) is 0 Å². The Balaban J connectivity index is 2.01. The van der Waals surface area contributed by atoms with E-state index in [1.165, 1.54) is 19.1 Å². The van der Waals surface area contributed by atoms with Crippen molar-refractivity contribution in [2.45, 2.75) is 32.1 Å². The van der Waals surface area contributed by atoms with Gasteiger partial charge in [-0.25, -0.2) is 13.1 Å². The van der Waals surface area contributed by atoms with Crippen LogP contribution in [0.15, 0.2) is 57.9 Å². The van der Waals surface area contributed by atoms with Gasteiger partial charge in [0.25, 0.3) is 0 Å². The molecule has 0 atom stereocenters. The Hall–Kier alpha value is -1.70. The molecule has 0 radical (unpaired) electrons. The van der Waals surface area contributed by atoms with E-state index in [1.54, 1.807) is 12.1 Å². The van der Waals surface area contributed by atoms with E-state index in [0.717, 1.165) is 16.5 Å². The maximum Gasteiger partial charge on any atom is 0.240 e. The van der Waals surface area contributed by atoms with Crippen LogP contribution in [0.25, 0.3) is 0 Å². The second-order valence-corrected chi connectivity index (χ2v) is 9.68. The second-order valence-electron chi connectivity index (χ2n) is 7.00. The van der Waals surface area contributed by atoms with Gasteiger partial charge in [-0.15, -0.1) is 0 Å². The normalized spacial score (nSPS) is 12.0. The summed E-state index contributed by atoms with van der Waals surface area (Å²) in [4.78, 5) is 11.2. The number of hydrogen-bond donors (Lipinski definition) is 2. The summed E-state index contributed by atoms with van der Waals surface area (Å²) in [6, 6.07) is 14.1. The molecule has 2 aromatic carbocycles. The Morgan fingerprint density at radius 2 is 1.62 bits per heavy atom. The summed E-state index contributed by atoms with van der Waals surface area (Å²) in [5.74, 6) is -0.201. The molecule has 0 aliphatic heterocycles. The van der Waals surface area contributed by atoms with Gasteiger partial charge in [-0.2, -0.15) is 0 Å². The van der Waals surface area contributed by atoms with Gasteiger partial charge in [0, 0.05) is 23.6 Å². The van der Waals surface area contributed by atoms with Crippen LogP contribution >= 0.6 is 15.9 Å². The minimum Gasteiger partial charge on any atom is -0.326 e. The summed E-state index contributed by atoms with van der Waals surface area (Å²) < 4.78 is 28.7. The van der Waals surface area contributed by atoms with Gasteiger partial charge in [0.2, 0.25) is 15.9 Å². The average Bonchev–Trinajstić information content (AvgIpc) is 2.55. The number of amides is 1. The third-order valence-corrected chi connectivity index (χ3v) is 5.77. The van der Waals surface area contributed by atoms with Crippen molar-refractivity contribution in [3.63, 3.8) is 0 Å². The number of carbonyl (C=O) groups excluding carboxylic acids is 1. The van der Waals surface area contributed by atoms with Crippen molar-refractivity contribution in [2.24, 2.45) is 5.41 Å². The number of hydrogen-bond acceptors (Lipinski definition) is 3. The molecular formula is C19H23BrN2O3S. The standard InChI is InChI=1S/C19H23BrN2O3S/c1-14(23)22-17-8-10-18(11-9-17)26(24,25)21-13-19(2,3)12-15-4-6-16(20)7-5-15/h4-11,21H,12-13H2,1-3H3,(H,22,23). The molecule has 0 spiro atoms. The van der Waals surface area contributed by atoms with E-state index < -0.39 is 10.0 Å². The van der Waals surface area contributed by atoms with Gasteiger partial charge >= 0.3 is 0 Å². The van der Waals surface area contributed by atoms with Crippen LogP contribution in [0.4, 0.5) is 5.69 Å². The van der Waals surface area contributed by atoms with Crippen LogP contribution in [-0.4, -0.2) is 20.9 Å². The lowest BCUT2D eigenvalue weighted by molar-refractivity contribution is -0.114. The van der Waals surface area contributed by atoms with Crippen LogP contribution in [0, 0.1) is 5.41 Å². The van der Waals surface area contributed by atoms with Gasteiger partial charge in [0.15, 0.2) is 0 Å². The maximum atomic E-state index is 12.5. The maximum absolute atomic E-state index is 12.5. The van der Waals surface area contributed by atoms with Crippen molar-refractivity contribution in [3.8, 4) is 0 Å². The molecule has 0 aromatic heterocycles. The van der Waals surface area contributed by atoms with Crippen molar-refractivity contribution in [1.29, 1.82) is 0 Å². The fourth-order valence-corrected chi connectivity index (χ4v) is 4.02. The number of sulfonamides is 1. The van der Waals surface area contributed by atoms with Gasteiger partial charge in [-0.1, -0.05) is 41.9 Å². The summed E-state index contributed by atoms with van der Waals surface area (Å²) in [5.41, 5.74) is 1.47. The van der Waals surface area contributed by atoms with Gasteiger partial charge < -0.3 is 5.32 Å². The molecule has 0 saturated heterocycles.